The van der Waals surface area contributed by atoms with Crippen LogP contribution in [-0.4, -0.2) is 37.2 Å². The van der Waals surface area contributed by atoms with Crippen LogP contribution in [0.3, 0.4) is 0 Å². The molecule has 2 saturated heterocycles. The van der Waals surface area contributed by atoms with E-state index >= 15 is 0 Å². The standard InChI is InChI=1S/C6H10N2O2/c7-5(9)8-1-6(2-8)3-10-4-6/h1-4H2,(H2,7,9). The molecule has 2 rings (SSSR count). The van der Waals surface area contributed by atoms with E-state index in [1.807, 2.05) is 0 Å². The first-order chi connectivity index (χ1) is 4.72. The van der Waals surface area contributed by atoms with Crippen molar-refractivity contribution in [1.82, 2.24) is 4.90 Å². The van der Waals surface area contributed by atoms with E-state index in [0.29, 0.717) is 5.41 Å². The number of urea groups is 1. The number of amides is 2. The Bertz CT molecular complexity index is 169. The Hall–Kier alpha value is -0.770. The van der Waals surface area contributed by atoms with Crippen LogP contribution in [0.25, 0.3) is 0 Å². The van der Waals surface area contributed by atoms with E-state index in [0.717, 1.165) is 26.3 Å². The van der Waals surface area contributed by atoms with Crippen LogP contribution >= 0.6 is 0 Å². The highest BCUT2D eigenvalue weighted by atomic mass is 16.5. The van der Waals surface area contributed by atoms with Gasteiger partial charge in [0.15, 0.2) is 0 Å². The lowest BCUT2D eigenvalue weighted by molar-refractivity contribution is -0.174. The Kier molecular flexibility index (Phi) is 0.976. The molecule has 0 aromatic carbocycles. The first-order valence-corrected chi connectivity index (χ1v) is 3.34. The highest BCUT2D eigenvalue weighted by Gasteiger charge is 2.50. The molecule has 2 heterocycles. The number of nitrogens with two attached hydrogens (primary N) is 1. The molecule has 0 bridgehead atoms. The van der Waals surface area contributed by atoms with Crippen molar-refractivity contribution in [2.24, 2.45) is 11.1 Å². The second kappa shape index (κ2) is 1.63. The number of carbonyl (C=O) groups is 1. The van der Waals surface area contributed by atoms with Crippen molar-refractivity contribution in [1.29, 1.82) is 0 Å². The molecule has 56 valence electrons. The quantitative estimate of drug-likeness (QED) is 0.491. The van der Waals surface area contributed by atoms with E-state index in [9.17, 15) is 4.79 Å². The zero-order valence-corrected chi connectivity index (χ0v) is 5.67. The molecule has 1 spiro atoms. The van der Waals surface area contributed by atoms with Crippen LogP contribution in [0, 0.1) is 5.41 Å². The highest BCUT2D eigenvalue weighted by Crippen LogP contribution is 2.36. The van der Waals surface area contributed by atoms with Crippen molar-refractivity contribution in [2.45, 2.75) is 0 Å². The van der Waals surface area contributed by atoms with Gasteiger partial charge in [0.25, 0.3) is 0 Å². The Morgan fingerprint density at radius 3 is 2.40 bits per heavy atom. The number of ether oxygens (including phenoxy) is 1. The normalized spacial score (nSPS) is 27.4. The average molecular weight is 142 g/mol. The Labute approximate surface area is 58.9 Å². The molecule has 4 nitrogen and oxygen atoms in total. The van der Waals surface area contributed by atoms with E-state index in [-0.39, 0.29) is 6.03 Å². The molecule has 0 aliphatic carbocycles. The van der Waals surface area contributed by atoms with E-state index in [1.165, 1.54) is 0 Å². The Balaban J connectivity index is 1.88. The molecule has 0 radical (unpaired) electrons. The summed E-state index contributed by atoms with van der Waals surface area (Å²) >= 11 is 0. The monoisotopic (exact) mass is 142 g/mol. The van der Waals surface area contributed by atoms with E-state index in [1.54, 1.807) is 4.90 Å². The van der Waals surface area contributed by atoms with Crippen LogP contribution in [0.5, 0.6) is 0 Å². The van der Waals surface area contributed by atoms with Crippen molar-refractivity contribution in [3.8, 4) is 0 Å². The number of hydrogen-bond acceptors (Lipinski definition) is 2. The van der Waals surface area contributed by atoms with Gasteiger partial charge in [-0.1, -0.05) is 0 Å². The van der Waals surface area contributed by atoms with Crippen molar-refractivity contribution < 1.29 is 9.53 Å². The fourth-order valence-corrected chi connectivity index (χ4v) is 1.49. The number of nitrogens with zero attached hydrogens (tertiary/aromatic N) is 1. The first kappa shape index (κ1) is 5.97. The van der Waals surface area contributed by atoms with Gasteiger partial charge >= 0.3 is 6.03 Å². The van der Waals surface area contributed by atoms with E-state index < -0.39 is 0 Å². The van der Waals surface area contributed by atoms with Gasteiger partial charge in [0, 0.05) is 13.1 Å². The van der Waals surface area contributed by atoms with Crippen LogP contribution in [0.15, 0.2) is 0 Å². The first-order valence-electron chi connectivity index (χ1n) is 3.34. The van der Waals surface area contributed by atoms with Gasteiger partial charge in [-0.25, -0.2) is 4.79 Å². The summed E-state index contributed by atoms with van der Waals surface area (Å²) in [6.07, 6.45) is 0. The van der Waals surface area contributed by atoms with Crippen molar-refractivity contribution in [2.75, 3.05) is 26.3 Å². The lowest BCUT2D eigenvalue weighted by Gasteiger charge is -2.54. The molecule has 0 unspecified atom stereocenters. The predicted molar refractivity (Wildman–Crippen MR) is 34.4 cm³/mol. The van der Waals surface area contributed by atoms with Gasteiger partial charge in [0.2, 0.25) is 0 Å². The van der Waals surface area contributed by atoms with Crippen LogP contribution in [0.4, 0.5) is 4.79 Å². The lowest BCUT2D eigenvalue weighted by atomic mass is 9.78. The van der Waals surface area contributed by atoms with Crippen molar-refractivity contribution in [3.63, 3.8) is 0 Å². The summed E-state index contributed by atoms with van der Waals surface area (Å²) in [5.41, 5.74) is 5.34. The van der Waals surface area contributed by atoms with Crippen LogP contribution in [0.1, 0.15) is 0 Å². The molecule has 2 amide bonds. The summed E-state index contributed by atoms with van der Waals surface area (Å²) in [5, 5.41) is 0. The van der Waals surface area contributed by atoms with Crippen molar-refractivity contribution >= 4 is 6.03 Å². The van der Waals surface area contributed by atoms with Gasteiger partial charge < -0.3 is 15.4 Å². The molecule has 0 aromatic rings. The van der Waals surface area contributed by atoms with Gasteiger partial charge in [-0.05, 0) is 0 Å². The van der Waals surface area contributed by atoms with E-state index in [2.05, 4.69) is 0 Å². The third kappa shape index (κ3) is 0.623. The van der Waals surface area contributed by atoms with Gasteiger partial charge in [0.05, 0.1) is 18.6 Å². The zero-order chi connectivity index (χ0) is 7.19. The number of hydrogen-bond donors (Lipinski definition) is 1. The largest absolute Gasteiger partial charge is 0.380 e. The molecule has 2 aliphatic rings. The summed E-state index contributed by atoms with van der Waals surface area (Å²) in [6, 6.07) is -0.308. The minimum atomic E-state index is -0.308. The molecule has 2 fully saturated rings. The van der Waals surface area contributed by atoms with Gasteiger partial charge in [0.1, 0.15) is 0 Å². The molecule has 0 saturated carbocycles. The second-order valence-corrected chi connectivity index (χ2v) is 3.19. The topological polar surface area (TPSA) is 55.6 Å². The minimum Gasteiger partial charge on any atom is -0.380 e. The Morgan fingerprint density at radius 1 is 1.50 bits per heavy atom. The predicted octanol–water partition coefficient (Wildman–Crippen LogP) is -0.603. The maximum atomic E-state index is 10.5. The molecule has 4 heteroatoms. The summed E-state index contributed by atoms with van der Waals surface area (Å²) < 4.78 is 5.03. The summed E-state index contributed by atoms with van der Waals surface area (Å²) in [6.45, 7) is 3.19. The van der Waals surface area contributed by atoms with E-state index in [4.69, 9.17) is 10.5 Å². The number of rotatable bonds is 0. The summed E-state index contributed by atoms with van der Waals surface area (Å²) in [7, 11) is 0. The SMILES string of the molecule is NC(=O)N1CC2(COC2)C1. The van der Waals surface area contributed by atoms with Gasteiger partial charge in [-0.3, -0.25) is 0 Å². The number of primary amides is 1. The average Bonchev–Trinajstić information content (AvgIpc) is 1.54. The highest BCUT2D eigenvalue weighted by molar-refractivity contribution is 5.73. The minimum absolute atomic E-state index is 0.301. The van der Waals surface area contributed by atoms with Crippen LogP contribution in [0.2, 0.25) is 0 Å². The third-order valence-electron chi connectivity index (χ3n) is 2.18. The van der Waals surface area contributed by atoms with Gasteiger partial charge in [-0.2, -0.15) is 0 Å². The molecular weight excluding hydrogens is 132 g/mol. The molecule has 10 heavy (non-hydrogen) atoms. The summed E-state index contributed by atoms with van der Waals surface area (Å²) in [4.78, 5) is 12.2. The molecule has 2 aliphatic heterocycles. The summed E-state index contributed by atoms with van der Waals surface area (Å²) in [5.74, 6) is 0. The van der Waals surface area contributed by atoms with Gasteiger partial charge in [-0.15, -0.1) is 0 Å². The smallest absolute Gasteiger partial charge is 0.314 e. The molecular formula is C6H10N2O2. The van der Waals surface area contributed by atoms with Crippen LogP contribution < -0.4 is 5.73 Å². The maximum absolute atomic E-state index is 10.5. The second-order valence-electron chi connectivity index (χ2n) is 3.19. The fraction of sp³-hybridized carbons (Fsp3) is 0.833. The van der Waals surface area contributed by atoms with Crippen LogP contribution in [-0.2, 0) is 4.74 Å². The Morgan fingerprint density at radius 2 is 2.10 bits per heavy atom. The lowest BCUT2D eigenvalue weighted by Crippen LogP contribution is -2.68. The number of likely N-dealkylation sites (tertiary alicyclic amines) is 1. The molecule has 0 atom stereocenters. The molecule has 2 N–H and O–H groups in total. The number of carbonyl (C=O) groups excluding carboxylic acids is 1. The fourth-order valence-electron chi connectivity index (χ4n) is 1.49. The van der Waals surface area contributed by atoms with Crippen molar-refractivity contribution in [3.05, 3.63) is 0 Å². The third-order valence-corrected chi connectivity index (χ3v) is 2.18. The maximum Gasteiger partial charge on any atom is 0.314 e. The molecule has 0 aromatic heterocycles. The zero-order valence-electron chi connectivity index (χ0n) is 5.67.